The fourth-order valence-corrected chi connectivity index (χ4v) is 3.72. The zero-order valence-corrected chi connectivity index (χ0v) is 19.0. The summed E-state index contributed by atoms with van der Waals surface area (Å²) >= 11 is 0. The molecular formula is C24H50CaO4. The molecule has 172 valence electrons. The molecule has 2 atom stereocenters. The number of aliphatic hydroxyl groups is 1. The fourth-order valence-electron chi connectivity index (χ4n) is 3.72. The quantitative estimate of drug-likeness (QED) is 0.170. The third kappa shape index (κ3) is 20.3. The van der Waals surface area contributed by atoms with E-state index in [9.17, 15) is 15.0 Å². The predicted octanol–water partition coefficient (Wildman–Crippen LogP) is 5.96. The summed E-state index contributed by atoms with van der Waals surface area (Å²) in [5.41, 5.74) is -1.27. The van der Waals surface area contributed by atoms with E-state index in [1.807, 2.05) is 0 Å². The molecule has 2 N–H and O–H groups in total. The van der Waals surface area contributed by atoms with Gasteiger partial charge in [0, 0.05) is 13.0 Å². The summed E-state index contributed by atoms with van der Waals surface area (Å²) in [6, 6.07) is 0. The number of carboxylic acid groups (broad SMARTS) is 1. The molecule has 0 aromatic carbocycles. The van der Waals surface area contributed by atoms with Gasteiger partial charge in [0.05, 0.1) is 6.10 Å². The van der Waals surface area contributed by atoms with E-state index in [2.05, 4.69) is 6.92 Å². The molecule has 4 nitrogen and oxygen atoms in total. The molecule has 0 bridgehead atoms. The maximum absolute atomic E-state index is 11.3. The Hall–Kier alpha value is 0.650. The van der Waals surface area contributed by atoms with Crippen molar-refractivity contribution in [2.45, 2.75) is 142 Å². The minimum absolute atomic E-state index is 0. The van der Waals surface area contributed by atoms with Gasteiger partial charge in [-0.1, -0.05) is 103 Å². The van der Waals surface area contributed by atoms with E-state index in [-0.39, 0.29) is 44.2 Å². The third-order valence-corrected chi connectivity index (χ3v) is 5.56. The first kappa shape index (κ1) is 31.8. The molecule has 0 saturated carbocycles. The zero-order chi connectivity index (χ0) is 21.1. The van der Waals surface area contributed by atoms with Crippen molar-refractivity contribution in [1.82, 2.24) is 0 Å². The zero-order valence-electron chi connectivity index (χ0n) is 19.0. The van der Waals surface area contributed by atoms with Crippen molar-refractivity contribution < 1.29 is 19.7 Å². The van der Waals surface area contributed by atoms with Gasteiger partial charge in [0.25, 0.3) is 0 Å². The van der Waals surface area contributed by atoms with Crippen LogP contribution in [-0.2, 0) is 9.53 Å². The second-order valence-corrected chi connectivity index (χ2v) is 8.74. The number of rotatable bonds is 21. The van der Waals surface area contributed by atoms with Gasteiger partial charge in [-0.05, 0) is 20.3 Å². The average Bonchev–Trinajstić information content (AvgIpc) is 2.63. The molecule has 0 radical (unpaired) electrons. The van der Waals surface area contributed by atoms with E-state index >= 15 is 0 Å². The molecule has 29 heavy (non-hydrogen) atoms. The normalized spacial score (nSPS) is 14.2. The second kappa shape index (κ2) is 21.9. The number of ether oxygens (including phenoxy) is 1. The molecule has 0 saturated heterocycles. The number of unbranched alkanes of at least 4 members (excludes halogenated alkanes) is 15. The van der Waals surface area contributed by atoms with E-state index in [0.29, 0.717) is 6.61 Å². The van der Waals surface area contributed by atoms with Gasteiger partial charge in [-0.25, -0.2) is 4.79 Å². The molecule has 0 aliphatic carbocycles. The Labute approximate surface area is 210 Å². The Kier molecular flexibility index (Phi) is 24.0. The van der Waals surface area contributed by atoms with E-state index in [0.717, 1.165) is 12.8 Å². The molecule has 0 rings (SSSR count). The van der Waals surface area contributed by atoms with Crippen molar-refractivity contribution in [1.29, 1.82) is 0 Å². The van der Waals surface area contributed by atoms with Gasteiger partial charge in [0.1, 0.15) is 0 Å². The van der Waals surface area contributed by atoms with Crippen LogP contribution < -0.4 is 0 Å². The van der Waals surface area contributed by atoms with Crippen LogP contribution in [0.2, 0.25) is 0 Å². The Morgan fingerprint density at radius 2 is 1.14 bits per heavy atom. The molecule has 0 spiro atoms. The van der Waals surface area contributed by atoms with E-state index in [4.69, 9.17) is 4.74 Å². The fraction of sp³-hybridized carbons (Fsp3) is 0.958. The molecule has 0 heterocycles. The molecule has 0 aliphatic rings. The van der Waals surface area contributed by atoms with Crippen molar-refractivity contribution in [2.75, 3.05) is 6.61 Å². The topological polar surface area (TPSA) is 66.8 Å². The van der Waals surface area contributed by atoms with E-state index < -0.39 is 17.7 Å². The summed E-state index contributed by atoms with van der Waals surface area (Å²) in [6.07, 6.45) is 20.5. The number of hydrogen-bond acceptors (Lipinski definition) is 3. The molecule has 2 unspecified atom stereocenters. The van der Waals surface area contributed by atoms with Crippen molar-refractivity contribution >= 4 is 43.7 Å². The molecular weight excluding hydrogens is 392 g/mol. The molecule has 0 aliphatic heterocycles. The summed E-state index contributed by atoms with van der Waals surface area (Å²) < 4.78 is 5.56. The number of hydrogen-bond donors (Lipinski definition) is 2. The van der Waals surface area contributed by atoms with Gasteiger partial charge in [-0.15, -0.1) is 0 Å². The standard InChI is InChI=1S/C24H48O4.Ca.2H/c1-4-5-6-7-8-9-10-11-12-13-14-15-16-17-18-19-20-28-24(3,23(26)27)21-22(2)25;;;/h22,25H,4-21H2,1-3H3,(H,26,27);;;. The van der Waals surface area contributed by atoms with Gasteiger partial charge in [0.15, 0.2) is 5.60 Å². The van der Waals surface area contributed by atoms with Crippen LogP contribution >= 0.6 is 0 Å². The van der Waals surface area contributed by atoms with E-state index in [1.54, 1.807) is 13.8 Å². The number of carbonyl (C=O) groups is 1. The SMILES string of the molecule is CCCCCCCCCCCCCCCCCCOC(C)(CC(C)O)C(=O)O.[CaH2]. The van der Waals surface area contributed by atoms with Crippen LogP contribution in [0.1, 0.15) is 130 Å². The van der Waals surface area contributed by atoms with Crippen molar-refractivity contribution in [3.8, 4) is 0 Å². The van der Waals surface area contributed by atoms with Crippen LogP contribution in [0.25, 0.3) is 0 Å². The molecule has 0 fully saturated rings. The van der Waals surface area contributed by atoms with Crippen LogP contribution in [0.4, 0.5) is 0 Å². The average molecular weight is 443 g/mol. The number of aliphatic carboxylic acids is 1. The Balaban J connectivity index is 0. The van der Waals surface area contributed by atoms with Crippen LogP contribution in [0.3, 0.4) is 0 Å². The van der Waals surface area contributed by atoms with Crippen molar-refractivity contribution in [3.63, 3.8) is 0 Å². The van der Waals surface area contributed by atoms with Gasteiger partial charge >= 0.3 is 43.7 Å². The summed E-state index contributed by atoms with van der Waals surface area (Å²) in [5.74, 6) is -0.995. The summed E-state index contributed by atoms with van der Waals surface area (Å²) in [7, 11) is 0. The second-order valence-electron chi connectivity index (χ2n) is 8.74. The Bertz CT molecular complexity index is 363. The summed E-state index contributed by atoms with van der Waals surface area (Å²) in [5, 5.41) is 18.7. The summed E-state index contributed by atoms with van der Waals surface area (Å²) in [6.45, 7) is 5.87. The van der Waals surface area contributed by atoms with Crippen LogP contribution in [0.15, 0.2) is 0 Å². The molecule has 0 aromatic heterocycles. The predicted molar refractivity (Wildman–Crippen MR) is 126 cm³/mol. The van der Waals surface area contributed by atoms with Gasteiger partial charge in [0.2, 0.25) is 0 Å². The Morgan fingerprint density at radius 3 is 1.45 bits per heavy atom. The minimum atomic E-state index is -1.27. The molecule has 0 aromatic rings. The van der Waals surface area contributed by atoms with Gasteiger partial charge < -0.3 is 14.9 Å². The van der Waals surface area contributed by atoms with Crippen LogP contribution in [0, 0.1) is 0 Å². The van der Waals surface area contributed by atoms with Crippen LogP contribution in [-0.4, -0.2) is 72.2 Å². The third-order valence-electron chi connectivity index (χ3n) is 5.56. The first-order valence-electron chi connectivity index (χ1n) is 12.0. The van der Waals surface area contributed by atoms with Gasteiger partial charge in [-0.3, -0.25) is 0 Å². The monoisotopic (exact) mass is 442 g/mol. The first-order valence-corrected chi connectivity index (χ1v) is 12.0. The van der Waals surface area contributed by atoms with Crippen molar-refractivity contribution in [3.05, 3.63) is 0 Å². The maximum atomic E-state index is 11.3. The Morgan fingerprint density at radius 1 is 0.793 bits per heavy atom. The van der Waals surface area contributed by atoms with Gasteiger partial charge in [-0.2, -0.15) is 0 Å². The van der Waals surface area contributed by atoms with Crippen LogP contribution in [0.5, 0.6) is 0 Å². The van der Waals surface area contributed by atoms with E-state index in [1.165, 1.54) is 89.9 Å². The molecule has 5 heteroatoms. The first-order chi connectivity index (χ1) is 13.4. The number of aliphatic hydroxyl groups excluding tert-OH is 1. The molecule has 0 amide bonds. The number of carboxylic acids is 1. The summed E-state index contributed by atoms with van der Waals surface area (Å²) in [4.78, 5) is 11.3. The van der Waals surface area contributed by atoms with Crippen molar-refractivity contribution in [2.24, 2.45) is 0 Å².